The number of carbonyl (C=O) groups excluding carboxylic acids is 2. The van der Waals surface area contributed by atoms with Gasteiger partial charge in [0.1, 0.15) is 6.04 Å². The summed E-state index contributed by atoms with van der Waals surface area (Å²) in [5.41, 5.74) is 1.73. The van der Waals surface area contributed by atoms with Crippen molar-refractivity contribution in [2.24, 2.45) is 0 Å². The van der Waals surface area contributed by atoms with E-state index in [1.807, 2.05) is 24.3 Å². The number of ether oxygens (including phenoxy) is 1. The minimum absolute atomic E-state index is 0.147. The molecule has 1 atom stereocenters. The highest BCUT2D eigenvalue weighted by Crippen LogP contribution is 2.16. The maximum absolute atomic E-state index is 13.0. The number of benzene rings is 2. The highest BCUT2D eigenvalue weighted by molar-refractivity contribution is 6.30. The molecule has 2 aromatic carbocycles. The van der Waals surface area contributed by atoms with Gasteiger partial charge in [-0.25, -0.2) is 0 Å². The standard InChI is InChI=1S/C21H24Cl2N2O3/c1-15(21(27)24-11-12-28-2)25(14-17-5-9-19(23)10-6-17)20(26)13-16-3-7-18(22)8-4-16/h3-10,15H,11-14H2,1-2H3,(H,24,27). The molecule has 0 saturated carbocycles. The molecule has 0 bridgehead atoms. The Hall–Kier alpha value is -2.08. The predicted molar refractivity (Wildman–Crippen MR) is 112 cm³/mol. The molecule has 0 spiro atoms. The third kappa shape index (κ3) is 6.82. The fourth-order valence-corrected chi connectivity index (χ4v) is 2.92. The van der Waals surface area contributed by atoms with Crippen LogP contribution in [0.5, 0.6) is 0 Å². The lowest BCUT2D eigenvalue weighted by Crippen LogP contribution is -2.48. The average Bonchev–Trinajstić information content (AvgIpc) is 2.68. The third-order valence-electron chi connectivity index (χ3n) is 4.31. The summed E-state index contributed by atoms with van der Waals surface area (Å²) in [5, 5.41) is 4.02. The first-order chi connectivity index (χ1) is 13.4. The Morgan fingerprint density at radius 2 is 1.54 bits per heavy atom. The molecule has 150 valence electrons. The number of methoxy groups -OCH3 is 1. The van der Waals surface area contributed by atoms with Gasteiger partial charge in [-0.3, -0.25) is 9.59 Å². The molecule has 0 aromatic heterocycles. The van der Waals surface area contributed by atoms with E-state index in [9.17, 15) is 9.59 Å². The SMILES string of the molecule is COCCNC(=O)C(C)N(Cc1ccc(Cl)cc1)C(=O)Cc1ccc(Cl)cc1. The van der Waals surface area contributed by atoms with Crippen LogP contribution < -0.4 is 5.32 Å². The summed E-state index contributed by atoms with van der Waals surface area (Å²) in [6.07, 6.45) is 0.181. The van der Waals surface area contributed by atoms with Crippen LogP contribution in [0.2, 0.25) is 10.0 Å². The minimum atomic E-state index is -0.632. The fraction of sp³-hybridized carbons (Fsp3) is 0.333. The molecular weight excluding hydrogens is 399 g/mol. The number of halogens is 2. The van der Waals surface area contributed by atoms with Gasteiger partial charge in [0, 0.05) is 30.2 Å². The number of hydrogen-bond acceptors (Lipinski definition) is 3. The lowest BCUT2D eigenvalue weighted by atomic mass is 10.1. The van der Waals surface area contributed by atoms with Crippen LogP contribution in [0.25, 0.3) is 0 Å². The number of carbonyl (C=O) groups is 2. The second kappa shape index (κ2) is 11.1. The molecule has 5 nitrogen and oxygen atoms in total. The third-order valence-corrected chi connectivity index (χ3v) is 4.81. The first-order valence-corrected chi connectivity index (χ1v) is 9.71. The van der Waals surface area contributed by atoms with Crippen molar-refractivity contribution in [1.82, 2.24) is 10.2 Å². The van der Waals surface area contributed by atoms with E-state index < -0.39 is 6.04 Å². The molecule has 0 heterocycles. The topological polar surface area (TPSA) is 58.6 Å². The zero-order chi connectivity index (χ0) is 20.5. The number of nitrogens with zero attached hydrogens (tertiary/aromatic N) is 1. The highest BCUT2D eigenvalue weighted by Gasteiger charge is 2.26. The molecule has 0 fully saturated rings. The van der Waals surface area contributed by atoms with E-state index >= 15 is 0 Å². The van der Waals surface area contributed by atoms with E-state index in [4.69, 9.17) is 27.9 Å². The van der Waals surface area contributed by atoms with Crippen LogP contribution in [0.1, 0.15) is 18.1 Å². The Balaban J connectivity index is 2.15. The molecule has 0 aliphatic carbocycles. The molecule has 0 aliphatic rings. The smallest absolute Gasteiger partial charge is 0.242 e. The van der Waals surface area contributed by atoms with Crippen LogP contribution in [0.15, 0.2) is 48.5 Å². The van der Waals surface area contributed by atoms with E-state index in [1.165, 1.54) is 0 Å². The first kappa shape index (κ1) is 22.2. The van der Waals surface area contributed by atoms with Crippen LogP contribution >= 0.6 is 23.2 Å². The van der Waals surface area contributed by atoms with Crippen molar-refractivity contribution < 1.29 is 14.3 Å². The molecule has 28 heavy (non-hydrogen) atoms. The van der Waals surface area contributed by atoms with Crippen molar-refractivity contribution in [3.8, 4) is 0 Å². The van der Waals surface area contributed by atoms with Gasteiger partial charge in [0.2, 0.25) is 11.8 Å². The van der Waals surface area contributed by atoms with E-state index in [0.717, 1.165) is 11.1 Å². The lowest BCUT2D eigenvalue weighted by Gasteiger charge is -2.29. The van der Waals surface area contributed by atoms with Gasteiger partial charge in [0.25, 0.3) is 0 Å². The van der Waals surface area contributed by atoms with Crippen molar-refractivity contribution in [2.75, 3.05) is 20.3 Å². The molecular formula is C21H24Cl2N2O3. The summed E-state index contributed by atoms with van der Waals surface area (Å²) < 4.78 is 4.96. The molecule has 0 aliphatic heterocycles. The second-order valence-electron chi connectivity index (χ2n) is 6.41. The summed E-state index contributed by atoms with van der Waals surface area (Å²) >= 11 is 11.9. The monoisotopic (exact) mass is 422 g/mol. The van der Waals surface area contributed by atoms with E-state index in [2.05, 4.69) is 5.32 Å². The van der Waals surface area contributed by atoms with Gasteiger partial charge in [-0.05, 0) is 42.3 Å². The molecule has 1 N–H and O–H groups in total. The van der Waals surface area contributed by atoms with Gasteiger partial charge in [0.05, 0.1) is 13.0 Å². The fourth-order valence-electron chi connectivity index (χ4n) is 2.67. The van der Waals surface area contributed by atoms with Crippen molar-refractivity contribution >= 4 is 35.0 Å². The van der Waals surface area contributed by atoms with Gasteiger partial charge in [0.15, 0.2) is 0 Å². The number of rotatable bonds is 9. The minimum Gasteiger partial charge on any atom is -0.383 e. The number of hydrogen-bond donors (Lipinski definition) is 1. The van der Waals surface area contributed by atoms with E-state index in [-0.39, 0.29) is 18.2 Å². The molecule has 2 aromatic rings. The Morgan fingerprint density at radius 3 is 2.07 bits per heavy atom. The largest absolute Gasteiger partial charge is 0.383 e. The quantitative estimate of drug-likeness (QED) is 0.626. The summed E-state index contributed by atoms with van der Waals surface area (Å²) in [5.74, 6) is -0.373. The van der Waals surface area contributed by atoms with Crippen LogP contribution in [0.3, 0.4) is 0 Å². The zero-order valence-corrected chi connectivity index (χ0v) is 17.5. The number of nitrogens with one attached hydrogen (secondary N) is 1. The van der Waals surface area contributed by atoms with Crippen molar-refractivity contribution in [1.29, 1.82) is 0 Å². The van der Waals surface area contributed by atoms with Crippen LogP contribution in [-0.2, 0) is 27.3 Å². The maximum Gasteiger partial charge on any atom is 0.242 e. The van der Waals surface area contributed by atoms with Gasteiger partial charge >= 0.3 is 0 Å². The number of amides is 2. The van der Waals surface area contributed by atoms with Crippen LogP contribution in [-0.4, -0.2) is 43.0 Å². The normalized spacial score (nSPS) is 11.7. The Morgan fingerprint density at radius 1 is 1.00 bits per heavy atom. The Labute approximate surface area is 175 Å². The predicted octanol–water partition coefficient (Wildman–Crippen LogP) is 3.72. The highest BCUT2D eigenvalue weighted by atomic mass is 35.5. The van der Waals surface area contributed by atoms with Gasteiger partial charge in [-0.1, -0.05) is 47.5 Å². The summed E-state index contributed by atoms with van der Waals surface area (Å²) in [6.45, 7) is 2.83. The van der Waals surface area contributed by atoms with Crippen molar-refractivity contribution in [3.63, 3.8) is 0 Å². The molecule has 7 heteroatoms. The van der Waals surface area contributed by atoms with Crippen LogP contribution in [0, 0.1) is 0 Å². The van der Waals surface area contributed by atoms with Gasteiger partial charge in [-0.2, -0.15) is 0 Å². The summed E-state index contributed by atoms with van der Waals surface area (Å²) in [6, 6.07) is 13.7. The van der Waals surface area contributed by atoms with Gasteiger partial charge < -0.3 is 15.0 Å². The average molecular weight is 423 g/mol. The van der Waals surface area contributed by atoms with E-state index in [0.29, 0.717) is 29.7 Å². The van der Waals surface area contributed by atoms with Gasteiger partial charge in [-0.15, -0.1) is 0 Å². The lowest BCUT2D eigenvalue weighted by molar-refractivity contribution is -0.140. The Bertz CT molecular complexity index is 779. The summed E-state index contributed by atoms with van der Waals surface area (Å²) in [7, 11) is 1.57. The van der Waals surface area contributed by atoms with Crippen molar-refractivity contribution in [3.05, 3.63) is 69.7 Å². The van der Waals surface area contributed by atoms with Crippen molar-refractivity contribution in [2.45, 2.75) is 25.9 Å². The summed E-state index contributed by atoms with van der Waals surface area (Å²) in [4.78, 5) is 27.1. The first-order valence-electron chi connectivity index (χ1n) is 8.95. The van der Waals surface area contributed by atoms with Crippen LogP contribution in [0.4, 0.5) is 0 Å². The maximum atomic E-state index is 13.0. The molecule has 2 amide bonds. The molecule has 1 unspecified atom stereocenters. The second-order valence-corrected chi connectivity index (χ2v) is 7.28. The van der Waals surface area contributed by atoms with E-state index in [1.54, 1.807) is 43.2 Å². The molecule has 2 rings (SSSR count). The molecule has 0 radical (unpaired) electrons. The Kier molecular flexibility index (Phi) is 8.77. The molecule has 0 saturated heterocycles. The zero-order valence-electron chi connectivity index (χ0n) is 16.0.